The van der Waals surface area contributed by atoms with Crippen molar-refractivity contribution in [1.29, 1.82) is 0 Å². The lowest BCUT2D eigenvalue weighted by Gasteiger charge is -2.08. The highest BCUT2D eigenvalue weighted by molar-refractivity contribution is 9.12. The fourth-order valence-electron chi connectivity index (χ4n) is 0.452. The van der Waals surface area contributed by atoms with E-state index >= 15 is 0 Å². The van der Waals surface area contributed by atoms with Crippen molar-refractivity contribution in [2.24, 2.45) is 0 Å². The molecule has 0 aliphatic heterocycles. The van der Waals surface area contributed by atoms with Gasteiger partial charge in [-0.2, -0.15) is 0 Å². The Balaban J connectivity index is 3.13. The summed E-state index contributed by atoms with van der Waals surface area (Å²) < 4.78 is 0. The first-order valence-corrected chi connectivity index (χ1v) is 7.31. The van der Waals surface area contributed by atoms with Crippen LogP contribution in [0.5, 0.6) is 0 Å². The lowest BCUT2D eigenvalue weighted by atomic mass is 10.4. The summed E-state index contributed by atoms with van der Waals surface area (Å²) in [5.41, 5.74) is 0. The molecule has 5 heteroatoms. The maximum absolute atomic E-state index is 4.36. The van der Waals surface area contributed by atoms with Gasteiger partial charge in [0.2, 0.25) is 0 Å². The van der Waals surface area contributed by atoms with Gasteiger partial charge in [-0.15, -0.1) is 0 Å². The Morgan fingerprint density at radius 3 is 1.55 bits per heavy atom. The van der Waals surface area contributed by atoms with Gasteiger partial charge in [0.15, 0.2) is 0 Å². The fraction of sp³-hybridized carbons (Fsp3) is 1.00. The molecule has 67 valence electrons. The Kier molecular flexibility index (Phi) is 9.93. The molecular formula is C6H10Br4N. The molecule has 0 bridgehead atoms. The average molecular weight is 416 g/mol. The number of hydrogen-bond acceptors (Lipinski definition) is 0. The number of rotatable bonds is 6. The Hall–Kier alpha value is 1.88. The van der Waals surface area contributed by atoms with E-state index in [2.05, 4.69) is 69.0 Å². The van der Waals surface area contributed by atoms with Gasteiger partial charge in [-0.1, -0.05) is 63.7 Å². The molecule has 0 rings (SSSR count). The van der Waals surface area contributed by atoms with E-state index in [1.165, 1.54) is 0 Å². The molecule has 0 aliphatic carbocycles. The predicted molar refractivity (Wildman–Crippen MR) is 64.9 cm³/mol. The molecule has 0 amide bonds. The van der Waals surface area contributed by atoms with Crippen LogP contribution in [0.3, 0.4) is 0 Å². The van der Waals surface area contributed by atoms with Gasteiger partial charge in [0.05, 0.1) is 0 Å². The van der Waals surface area contributed by atoms with Gasteiger partial charge in [-0.3, -0.25) is 0 Å². The number of alkyl halides is 4. The van der Waals surface area contributed by atoms with Crippen LogP contribution in [0.2, 0.25) is 0 Å². The van der Waals surface area contributed by atoms with Crippen LogP contribution in [0.15, 0.2) is 0 Å². The summed E-state index contributed by atoms with van der Waals surface area (Å²) in [6, 6.07) is 0. The van der Waals surface area contributed by atoms with E-state index in [0.717, 1.165) is 23.7 Å². The van der Waals surface area contributed by atoms with Crippen LogP contribution >= 0.6 is 63.7 Å². The lowest BCUT2D eigenvalue weighted by molar-refractivity contribution is 0.678. The van der Waals surface area contributed by atoms with E-state index in [1.54, 1.807) is 0 Å². The molecule has 0 aromatic rings. The first-order chi connectivity index (χ1) is 5.20. The van der Waals surface area contributed by atoms with E-state index < -0.39 is 0 Å². The molecule has 0 saturated heterocycles. The largest absolute Gasteiger partial charge is 0.239 e. The van der Waals surface area contributed by atoms with Crippen LogP contribution in [0.4, 0.5) is 0 Å². The SMILES string of the molecule is BrCC(Br)C[N]CC(Br)CBr. The molecule has 0 N–H and O–H groups in total. The van der Waals surface area contributed by atoms with Gasteiger partial charge in [-0.05, 0) is 0 Å². The molecule has 2 unspecified atom stereocenters. The van der Waals surface area contributed by atoms with Crippen molar-refractivity contribution in [3.63, 3.8) is 0 Å². The van der Waals surface area contributed by atoms with Crippen molar-refractivity contribution in [2.75, 3.05) is 23.7 Å². The van der Waals surface area contributed by atoms with Crippen molar-refractivity contribution in [3.8, 4) is 0 Å². The smallest absolute Gasteiger partial charge is 0.0384 e. The number of nitrogens with zero attached hydrogens (tertiary/aromatic N) is 1. The molecule has 0 spiro atoms. The second-order valence-electron chi connectivity index (χ2n) is 2.09. The highest BCUT2D eigenvalue weighted by Crippen LogP contribution is 2.05. The molecular weight excluding hydrogens is 406 g/mol. The minimum absolute atomic E-state index is 0.470. The first-order valence-electron chi connectivity index (χ1n) is 3.24. The fourth-order valence-corrected chi connectivity index (χ4v) is 1.27. The van der Waals surface area contributed by atoms with Crippen LogP contribution in [0.25, 0.3) is 0 Å². The summed E-state index contributed by atoms with van der Waals surface area (Å²) >= 11 is 13.7. The highest BCUT2D eigenvalue weighted by Gasteiger charge is 2.04. The van der Waals surface area contributed by atoms with Gasteiger partial charge < -0.3 is 0 Å². The van der Waals surface area contributed by atoms with Crippen LogP contribution in [0.1, 0.15) is 0 Å². The number of halogens is 4. The quantitative estimate of drug-likeness (QED) is 0.592. The van der Waals surface area contributed by atoms with Gasteiger partial charge in [0, 0.05) is 33.4 Å². The summed E-state index contributed by atoms with van der Waals surface area (Å²) in [7, 11) is 0. The van der Waals surface area contributed by atoms with Gasteiger partial charge in [0.25, 0.3) is 0 Å². The topological polar surface area (TPSA) is 14.1 Å². The summed E-state index contributed by atoms with van der Waals surface area (Å²) in [6.45, 7) is 1.75. The van der Waals surface area contributed by atoms with E-state index in [-0.39, 0.29) is 0 Å². The molecule has 11 heavy (non-hydrogen) atoms. The van der Waals surface area contributed by atoms with Gasteiger partial charge in [0.1, 0.15) is 0 Å². The second-order valence-corrected chi connectivity index (χ2v) is 5.98. The lowest BCUT2D eigenvalue weighted by Crippen LogP contribution is -2.23. The van der Waals surface area contributed by atoms with E-state index in [9.17, 15) is 0 Å². The molecule has 0 aromatic heterocycles. The van der Waals surface area contributed by atoms with Crippen LogP contribution < -0.4 is 5.32 Å². The van der Waals surface area contributed by atoms with Crippen molar-refractivity contribution < 1.29 is 0 Å². The third kappa shape index (κ3) is 8.22. The Bertz CT molecular complexity index is 80.7. The third-order valence-corrected chi connectivity index (χ3v) is 5.52. The maximum atomic E-state index is 4.36. The number of hydrogen-bond donors (Lipinski definition) is 0. The van der Waals surface area contributed by atoms with Crippen LogP contribution in [-0.4, -0.2) is 33.4 Å². The normalized spacial score (nSPS) is 16.4. The van der Waals surface area contributed by atoms with Crippen LogP contribution in [-0.2, 0) is 0 Å². The van der Waals surface area contributed by atoms with E-state index in [1.807, 2.05) is 0 Å². The molecule has 0 heterocycles. The zero-order chi connectivity index (χ0) is 8.69. The van der Waals surface area contributed by atoms with Crippen molar-refractivity contribution in [3.05, 3.63) is 0 Å². The zero-order valence-electron chi connectivity index (χ0n) is 5.94. The van der Waals surface area contributed by atoms with Gasteiger partial charge >= 0.3 is 0 Å². The molecule has 0 aliphatic rings. The molecule has 1 nitrogen and oxygen atoms in total. The minimum atomic E-state index is 0.470. The van der Waals surface area contributed by atoms with E-state index in [4.69, 9.17) is 0 Å². The van der Waals surface area contributed by atoms with Crippen molar-refractivity contribution in [2.45, 2.75) is 9.65 Å². The standard InChI is InChI=1S/C6H10Br4N/c7-1-5(9)3-11-4-6(10)2-8/h5-6H,1-4H2. The average Bonchev–Trinajstić information content (AvgIpc) is 2.04. The molecule has 0 fully saturated rings. The summed E-state index contributed by atoms with van der Waals surface area (Å²) in [5.74, 6) is 0. The molecule has 0 saturated carbocycles. The molecule has 2 atom stereocenters. The Morgan fingerprint density at radius 2 is 1.27 bits per heavy atom. The monoisotopic (exact) mass is 412 g/mol. The minimum Gasteiger partial charge on any atom is -0.239 e. The van der Waals surface area contributed by atoms with Crippen molar-refractivity contribution >= 4 is 63.7 Å². The van der Waals surface area contributed by atoms with Crippen LogP contribution in [0, 0.1) is 0 Å². The molecule has 0 aromatic carbocycles. The zero-order valence-corrected chi connectivity index (χ0v) is 12.3. The Morgan fingerprint density at radius 1 is 0.909 bits per heavy atom. The first kappa shape index (κ1) is 12.9. The van der Waals surface area contributed by atoms with Crippen molar-refractivity contribution in [1.82, 2.24) is 5.32 Å². The van der Waals surface area contributed by atoms with E-state index in [0.29, 0.717) is 9.65 Å². The second kappa shape index (κ2) is 8.48. The predicted octanol–water partition coefficient (Wildman–Crippen LogP) is 2.91. The highest BCUT2D eigenvalue weighted by atomic mass is 79.9. The van der Waals surface area contributed by atoms with Gasteiger partial charge in [-0.25, -0.2) is 5.32 Å². The summed E-state index contributed by atoms with van der Waals surface area (Å²) in [5, 5.41) is 6.27. The summed E-state index contributed by atoms with van der Waals surface area (Å²) in [6.07, 6.45) is 0. The Labute approximate surface area is 102 Å². The third-order valence-electron chi connectivity index (χ3n) is 0.989. The molecule has 1 radical (unpaired) electrons. The summed E-state index contributed by atoms with van der Waals surface area (Å²) in [4.78, 5) is 0.940. The maximum Gasteiger partial charge on any atom is 0.0384 e.